The van der Waals surface area contributed by atoms with Gasteiger partial charge in [0, 0.05) is 5.02 Å². The molecule has 0 spiro atoms. The van der Waals surface area contributed by atoms with Crippen LogP contribution < -0.4 is 0 Å². The summed E-state index contributed by atoms with van der Waals surface area (Å²) in [6.07, 6.45) is 7.80. The summed E-state index contributed by atoms with van der Waals surface area (Å²) in [5.74, 6) is -0.956. The molecule has 0 aliphatic rings. The number of benzene rings is 1. The van der Waals surface area contributed by atoms with E-state index in [0.29, 0.717) is 40.0 Å². The molecule has 4 nitrogen and oxygen atoms in total. The normalized spacial score (nSPS) is 11.4. The molecule has 1 N–H and O–H groups in total. The lowest BCUT2D eigenvalue weighted by Crippen LogP contribution is -2.07. The van der Waals surface area contributed by atoms with Crippen molar-refractivity contribution in [2.75, 3.05) is 0 Å². The Morgan fingerprint density at radius 3 is 2.64 bits per heavy atom. The minimum absolute atomic E-state index is 0.280. The summed E-state index contributed by atoms with van der Waals surface area (Å²) in [4.78, 5) is 11.9. The van der Waals surface area contributed by atoms with Gasteiger partial charge in [0.05, 0.1) is 22.1 Å². The Morgan fingerprint density at radius 2 is 2.00 bits per heavy atom. The lowest BCUT2D eigenvalue weighted by molar-refractivity contribution is 0.0694. The number of halogens is 2. The van der Waals surface area contributed by atoms with Gasteiger partial charge in [-0.1, -0.05) is 55.6 Å². The molecule has 2 aromatic rings. The number of hydrogen-bond donors (Lipinski definition) is 1. The van der Waals surface area contributed by atoms with Crippen molar-refractivity contribution in [1.29, 1.82) is 0 Å². The van der Waals surface area contributed by atoms with E-state index in [4.69, 9.17) is 23.2 Å². The van der Waals surface area contributed by atoms with E-state index in [1.54, 1.807) is 22.9 Å². The Labute approximate surface area is 158 Å². The van der Waals surface area contributed by atoms with Crippen molar-refractivity contribution in [3.63, 3.8) is 0 Å². The molecule has 1 aromatic carbocycles. The molecule has 1 aromatic heterocycles. The number of allylic oxidation sites excluding steroid dienone is 2. The van der Waals surface area contributed by atoms with Crippen LogP contribution in [0.5, 0.6) is 0 Å². The summed E-state index contributed by atoms with van der Waals surface area (Å²) in [6, 6.07) is 5.11. The molecule has 0 atom stereocenters. The van der Waals surface area contributed by atoms with E-state index in [2.05, 4.69) is 24.2 Å². The number of carboxylic acid groups (broad SMARTS) is 1. The largest absolute Gasteiger partial charge is 0.478 e. The first kappa shape index (κ1) is 19.5. The van der Waals surface area contributed by atoms with Crippen LogP contribution in [0, 0.1) is 0 Å². The first-order valence-corrected chi connectivity index (χ1v) is 9.19. The second-order valence-corrected chi connectivity index (χ2v) is 6.59. The molecule has 1 heterocycles. The Hall–Kier alpha value is -1.78. The van der Waals surface area contributed by atoms with Gasteiger partial charge in [0.15, 0.2) is 0 Å². The van der Waals surface area contributed by atoms with Crippen molar-refractivity contribution in [3.05, 3.63) is 57.3 Å². The van der Waals surface area contributed by atoms with Gasteiger partial charge < -0.3 is 5.11 Å². The van der Waals surface area contributed by atoms with Gasteiger partial charge in [-0.3, -0.25) is 0 Å². The van der Waals surface area contributed by atoms with E-state index >= 15 is 0 Å². The number of aryl methyl sites for hydroxylation is 1. The highest BCUT2D eigenvalue weighted by atomic mass is 35.5. The summed E-state index contributed by atoms with van der Waals surface area (Å²) < 4.78 is 1.64. The molecule has 0 unspecified atom stereocenters. The highest BCUT2D eigenvalue weighted by molar-refractivity contribution is 6.34. The van der Waals surface area contributed by atoms with Crippen molar-refractivity contribution in [3.8, 4) is 5.69 Å². The van der Waals surface area contributed by atoms with E-state index in [1.165, 1.54) is 0 Å². The standard InChI is InChI=1S/C19H22Cl2N2O2/c1-3-5-6-7-9-15-18(19(24)25)16(8-4-2)23(22-15)17-12-13(20)10-11-14(17)21/h5-6,10-12H,3-4,7-9H2,1-2H3,(H,24,25)/b6-5-. The molecule has 0 bridgehead atoms. The maximum atomic E-state index is 11.9. The summed E-state index contributed by atoms with van der Waals surface area (Å²) >= 11 is 12.4. The summed E-state index contributed by atoms with van der Waals surface area (Å²) in [5, 5.41) is 15.3. The van der Waals surface area contributed by atoms with E-state index < -0.39 is 5.97 Å². The van der Waals surface area contributed by atoms with Gasteiger partial charge in [-0.2, -0.15) is 5.10 Å². The molecule has 134 valence electrons. The van der Waals surface area contributed by atoms with E-state index in [9.17, 15) is 9.90 Å². The molecule has 0 aliphatic carbocycles. The Bertz CT molecular complexity index is 782. The van der Waals surface area contributed by atoms with Gasteiger partial charge in [0.1, 0.15) is 5.56 Å². The number of carboxylic acids is 1. The predicted molar refractivity (Wildman–Crippen MR) is 102 cm³/mol. The van der Waals surface area contributed by atoms with Crippen LogP contribution in [0.25, 0.3) is 5.69 Å². The summed E-state index contributed by atoms with van der Waals surface area (Å²) in [7, 11) is 0. The van der Waals surface area contributed by atoms with Crippen LogP contribution in [-0.4, -0.2) is 20.9 Å². The van der Waals surface area contributed by atoms with Crippen molar-refractivity contribution in [2.24, 2.45) is 0 Å². The topological polar surface area (TPSA) is 55.1 Å². The van der Waals surface area contributed by atoms with Gasteiger partial charge in [-0.25, -0.2) is 9.48 Å². The van der Waals surface area contributed by atoms with Gasteiger partial charge in [-0.05, 0) is 43.9 Å². The van der Waals surface area contributed by atoms with Gasteiger partial charge >= 0.3 is 5.97 Å². The minimum atomic E-state index is -0.956. The first-order chi connectivity index (χ1) is 12.0. The Balaban J connectivity index is 2.56. The van der Waals surface area contributed by atoms with E-state index in [-0.39, 0.29) is 5.56 Å². The van der Waals surface area contributed by atoms with Crippen LogP contribution in [0.2, 0.25) is 10.0 Å². The van der Waals surface area contributed by atoms with Crippen LogP contribution in [0.15, 0.2) is 30.4 Å². The zero-order chi connectivity index (χ0) is 18.4. The fourth-order valence-corrected chi connectivity index (χ4v) is 3.11. The highest BCUT2D eigenvalue weighted by Crippen LogP contribution is 2.28. The lowest BCUT2D eigenvalue weighted by atomic mass is 10.1. The molecule has 25 heavy (non-hydrogen) atoms. The number of carbonyl (C=O) groups is 1. The molecule has 0 radical (unpaired) electrons. The van der Waals surface area contributed by atoms with Gasteiger partial charge in [0.25, 0.3) is 0 Å². The second kappa shape index (κ2) is 9.07. The van der Waals surface area contributed by atoms with Crippen molar-refractivity contribution in [2.45, 2.75) is 46.0 Å². The Kier molecular flexibility index (Phi) is 7.09. The third-order valence-electron chi connectivity index (χ3n) is 3.84. The average Bonchev–Trinajstić information content (AvgIpc) is 2.92. The van der Waals surface area contributed by atoms with Crippen LogP contribution in [0.3, 0.4) is 0 Å². The SMILES string of the molecule is CC/C=C\CCc1nn(-c2cc(Cl)ccc2Cl)c(CCC)c1C(=O)O. The fraction of sp³-hybridized carbons (Fsp3) is 0.368. The van der Waals surface area contributed by atoms with Crippen LogP contribution in [-0.2, 0) is 12.8 Å². The molecule has 2 rings (SSSR count). The molecule has 0 fully saturated rings. The van der Waals surface area contributed by atoms with Crippen LogP contribution in [0.4, 0.5) is 0 Å². The van der Waals surface area contributed by atoms with E-state index in [1.807, 2.05) is 6.92 Å². The molecule has 0 saturated heterocycles. The second-order valence-electron chi connectivity index (χ2n) is 5.75. The molecular formula is C19H22Cl2N2O2. The number of aromatic nitrogens is 2. The maximum absolute atomic E-state index is 11.9. The van der Waals surface area contributed by atoms with Crippen molar-refractivity contribution < 1.29 is 9.90 Å². The molecule has 0 saturated carbocycles. The fourth-order valence-electron chi connectivity index (χ4n) is 2.75. The highest BCUT2D eigenvalue weighted by Gasteiger charge is 2.24. The summed E-state index contributed by atoms with van der Waals surface area (Å²) in [5.41, 5.74) is 2.12. The Morgan fingerprint density at radius 1 is 1.24 bits per heavy atom. The average molecular weight is 381 g/mol. The zero-order valence-corrected chi connectivity index (χ0v) is 15.9. The van der Waals surface area contributed by atoms with Crippen LogP contribution in [0.1, 0.15) is 54.9 Å². The third-order valence-corrected chi connectivity index (χ3v) is 4.40. The zero-order valence-electron chi connectivity index (χ0n) is 14.4. The molecule has 0 amide bonds. The van der Waals surface area contributed by atoms with Crippen LogP contribution >= 0.6 is 23.2 Å². The quantitative estimate of drug-likeness (QED) is 0.594. The number of aromatic carboxylic acids is 1. The lowest BCUT2D eigenvalue weighted by Gasteiger charge is -2.09. The van der Waals surface area contributed by atoms with Gasteiger partial charge in [0.2, 0.25) is 0 Å². The van der Waals surface area contributed by atoms with E-state index in [0.717, 1.165) is 19.3 Å². The number of hydrogen-bond acceptors (Lipinski definition) is 2. The smallest absolute Gasteiger partial charge is 0.339 e. The number of rotatable bonds is 8. The van der Waals surface area contributed by atoms with Crippen molar-refractivity contribution in [1.82, 2.24) is 9.78 Å². The molecule has 0 aliphatic heterocycles. The maximum Gasteiger partial charge on any atom is 0.339 e. The predicted octanol–water partition coefficient (Wildman–Crippen LogP) is 5.73. The minimum Gasteiger partial charge on any atom is -0.478 e. The monoisotopic (exact) mass is 380 g/mol. The van der Waals surface area contributed by atoms with Gasteiger partial charge in [-0.15, -0.1) is 0 Å². The summed E-state index contributed by atoms with van der Waals surface area (Å²) in [6.45, 7) is 4.07. The molecule has 6 heteroatoms. The first-order valence-electron chi connectivity index (χ1n) is 8.44. The number of nitrogens with zero attached hydrogens (tertiary/aromatic N) is 2. The molecular weight excluding hydrogens is 359 g/mol. The third kappa shape index (κ3) is 4.65. The van der Waals surface area contributed by atoms with Crippen molar-refractivity contribution >= 4 is 29.2 Å².